The Morgan fingerprint density at radius 1 is 1.15 bits per heavy atom. The zero-order chi connectivity index (χ0) is 14.9. The molecule has 1 aromatic heterocycles. The van der Waals surface area contributed by atoms with Gasteiger partial charge >= 0.3 is 5.69 Å². The summed E-state index contributed by atoms with van der Waals surface area (Å²) in [6.45, 7) is 3.96. The van der Waals surface area contributed by atoms with E-state index in [4.69, 9.17) is 0 Å². The van der Waals surface area contributed by atoms with Gasteiger partial charge in [-0.15, -0.1) is 5.10 Å². The molecule has 0 aliphatic rings. The SMILES string of the molecule is Cc1ccc(C(C)Nc2nn(C)c(=O)n(C)c2=O)cc1. The van der Waals surface area contributed by atoms with Gasteiger partial charge in [-0.25, -0.2) is 9.48 Å². The summed E-state index contributed by atoms with van der Waals surface area (Å²) in [5.41, 5.74) is 1.36. The average Bonchev–Trinajstić information content (AvgIpc) is 2.43. The number of nitrogens with zero attached hydrogens (tertiary/aromatic N) is 3. The maximum Gasteiger partial charge on any atom is 0.346 e. The minimum absolute atomic E-state index is 0.0756. The van der Waals surface area contributed by atoms with Crippen molar-refractivity contribution in [2.45, 2.75) is 19.9 Å². The molecule has 1 unspecified atom stereocenters. The lowest BCUT2D eigenvalue weighted by molar-refractivity contribution is 0.601. The lowest BCUT2D eigenvalue weighted by Crippen LogP contribution is -2.40. The van der Waals surface area contributed by atoms with Crippen molar-refractivity contribution < 1.29 is 0 Å². The average molecular weight is 274 g/mol. The summed E-state index contributed by atoms with van der Waals surface area (Å²) in [5, 5.41) is 7.03. The minimum Gasteiger partial charge on any atom is -0.358 e. The first-order valence-electron chi connectivity index (χ1n) is 6.37. The van der Waals surface area contributed by atoms with Gasteiger partial charge in [0.1, 0.15) is 0 Å². The highest BCUT2D eigenvalue weighted by Crippen LogP contribution is 2.16. The Morgan fingerprint density at radius 3 is 2.35 bits per heavy atom. The molecule has 0 aliphatic carbocycles. The van der Waals surface area contributed by atoms with Crippen LogP contribution in [0.15, 0.2) is 33.9 Å². The van der Waals surface area contributed by atoms with Crippen molar-refractivity contribution in [2.24, 2.45) is 14.1 Å². The van der Waals surface area contributed by atoms with Crippen molar-refractivity contribution in [3.63, 3.8) is 0 Å². The van der Waals surface area contributed by atoms with Gasteiger partial charge in [-0.05, 0) is 19.4 Å². The molecular formula is C14H18N4O2. The van der Waals surface area contributed by atoms with E-state index < -0.39 is 11.2 Å². The van der Waals surface area contributed by atoms with E-state index in [1.807, 2.05) is 38.1 Å². The first-order valence-corrected chi connectivity index (χ1v) is 6.37. The Hall–Kier alpha value is -2.37. The van der Waals surface area contributed by atoms with Crippen molar-refractivity contribution in [1.82, 2.24) is 14.3 Å². The van der Waals surface area contributed by atoms with E-state index in [9.17, 15) is 9.59 Å². The van der Waals surface area contributed by atoms with Gasteiger partial charge in [-0.1, -0.05) is 29.8 Å². The summed E-state index contributed by atoms with van der Waals surface area (Å²) in [4.78, 5) is 23.6. The Bertz CT molecular complexity index is 728. The van der Waals surface area contributed by atoms with Crippen LogP contribution >= 0.6 is 0 Å². The van der Waals surface area contributed by atoms with Crippen LogP contribution in [0.5, 0.6) is 0 Å². The lowest BCUT2D eigenvalue weighted by atomic mass is 10.1. The first-order chi connectivity index (χ1) is 9.40. The molecule has 20 heavy (non-hydrogen) atoms. The smallest absolute Gasteiger partial charge is 0.346 e. The molecule has 0 saturated carbocycles. The van der Waals surface area contributed by atoms with Gasteiger partial charge < -0.3 is 5.32 Å². The number of benzene rings is 1. The molecule has 1 N–H and O–H groups in total. The van der Waals surface area contributed by atoms with E-state index in [0.29, 0.717) is 0 Å². The van der Waals surface area contributed by atoms with E-state index in [1.54, 1.807) is 0 Å². The fourth-order valence-electron chi connectivity index (χ4n) is 1.93. The molecule has 2 aromatic rings. The second-order valence-corrected chi connectivity index (χ2v) is 4.90. The molecule has 0 radical (unpaired) electrons. The fraction of sp³-hybridized carbons (Fsp3) is 0.357. The standard InChI is InChI=1S/C14H18N4O2/c1-9-5-7-11(8-6-9)10(2)15-12-13(19)17(3)14(20)18(4)16-12/h5-8,10H,1-4H3,(H,15,16). The highest BCUT2D eigenvalue weighted by Gasteiger charge is 2.12. The molecule has 0 amide bonds. The van der Waals surface area contributed by atoms with Crippen molar-refractivity contribution in [2.75, 3.05) is 5.32 Å². The van der Waals surface area contributed by atoms with Crippen LogP contribution in [-0.2, 0) is 14.1 Å². The Balaban J connectivity index is 2.33. The van der Waals surface area contributed by atoms with E-state index in [1.165, 1.54) is 19.7 Å². The molecule has 1 heterocycles. The number of hydrogen-bond donors (Lipinski definition) is 1. The summed E-state index contributed by atoms with van der Waals surface area (Å²) >= 11 is 0. The molecule has 0 aliphatic heterocycles. The number of nitrogens with one attached hydrogen (secondary N) is 1. The van der Waals surface area contributed by atoms with Gasteiger partial charge in [-0.2, -0.15) is 0 Å². The first kappa shape index (κ1) is 14.0. The second-order valence-electron chi connectivity index (χ2n) is 4.90. The molecule has 106 valence electrons. The number of hydrogen-bond acceptors (Lipinski definition) is 4. The Morgan fingerprint density at radius 2 is 1.75 bits per heavy atom. The third-order valence-corrected chi connectivity index (χ3v) is 3.25. The summed E-state index contributed by atoms with van der Waals surface area (Å²) in [6, 6.07) is 7.95. The van der Waals surface area contributed by atoms with Gasteiger partial charge in [0.25, 0.3) is 5.56 Å². The Labute approximate surface area is 116 Å². The predicted octanol–water partition coefficient (Wildman–Crippen LogP) is 0.961. The summed E-state index contributed by atoms with van der Waals surface area (Å²) in [7, 11) is 2.96. The summed E-state index contributed by atoms with van der Waals surface area (Å²) < 4.78 is 2.18. The molecule has 1 atom stereocenters. The third-order valence-electron chi connectivity index (χ3n) is 3.25. The lowest BCUT2D eigenvalue weighted by Gasteiger charge is -2.15. The van der Waals surface area contributed by atoms with Crippen LogP contribution in [-0.4, -0.2) is 14.3 Å². The minimum atomic E-state index is -0.441. The molecule has 0 fully saturated rings. The van der Waals surface area contributed by atoms with Gasteiger partial charge in [0.15, 0.2) is 0 Å². The molecule has 0 saturated heterocycles. The van der Waals surface area contributed by atoms with Crippen LogP contribution in [0.2, 0.25) is 0 Å². The predicted molar refractivity (Wildman–Crippen MR) is 77.9 cm³/mol. The van der Waals surface area contributed by atoms with E-state index >= 15 is 0 Å². The van der Waals surface area contributed by atoms with Crippen LogP contribution < -0.4 is 16.6 Å². The largest absolute Gasteiger partial charge is 0.358 e. The molecule has 0 spiro atoms. The Kier molecular flexibility index (Phi) is 3.74. The van der Waals surface area contributed by atoms with Crippen molar-refractivity contribution in [3.05, 3.63) is 56.2 Å². The van der Waals surface area contributed by atoms with Gasteiger partial charge in [0.05, 0.1) is 6.04 Å². The number of rotatable bonds is 3. The van der Waals surface area contributed by atoms with Crippen LogP contribution in [0.3, 0.4) is 0 Å². The van der Waals surface area contributed by atoms with Crippen molar-refractivity contribution >= 4 is 5.82 Å². The normalized spacial score (nSPS) is 12.2. The maximum absolute atomic E-state index is 12.0. The molecule has 6 heteroatoms. The van der Waals surface area contributed by atoms with E-state index in [-0.39, 0.29) is 11.9 Å². The topological polar surface area (TPSA) is 68.9 Å². The van der Waals surface area contributed by atoms with Crippen LogP contribution in [0.1, 0.15) is 24.1 Å². The zero-order valence-corrected chi connectivity index (χ0v) is 12.0. The molecule has 1 aromatic carbocycles. The number of anilines is 1. The van der Waals surface area contributed by atoms with E-state index in [0.717, 1.165) is 14.8 Å². The zero-order valence-electron chi connectivity index (χ0n) is 12.0. The molecule has 6 nitrogen and oxygen atoms in total. The monoisotopic (exact) mass is 274 g/mol. The molecular weight excluding hydrogens is 256 g/mol. The highest BCUT2D eigenvalue weighted by molar-refractivity contribution is 5.35. The van der Waals surface area contributed by atoms with Crippen molar-refractivity contribution in [1.29, 1.82) is 0 Å². The quantitative estimate of drug-likeness (QED) is 0.905. The second kappa shape index (κ2) is 5.32. The van der Waals surface area contributed by atoms with Crippen LogP contribution in [0.4, 0.5) is 5.82 Å². The van der Waals surface area contributed by atoms with Gasteiger partial charge in [0.2, 0.25) is 5.82 Å². The van der Waals surface area contributed by atoms with Gasteiger partial charge in [-0.3, -0.25) is 9.36 Å². The fourth-order valence-corrected chi connectivity index (χ4v) is 1.93. The highest BCUT2D eigenvalue weighted by atomic mass is 16.2. The van der Waals surface area contributed by atoms with Crippen LogP contribution in [0.25, 0.3) is 0 Å². The third kappa shape index (κ3) is 2.64. The summed E-state index contributed by atoms with van der Waals surface area (Å²) in [5.74, 6) is 0.169. The molecule has 2 rings (SSSR count). The van der Waals surface area contributed by atoms with E-state index in [2.05, 4.69) is 10.4 Å². The van der Waals surface area contributed by atoms with Gasteiger partial charge in [0, 0.05) is 14.1 Å². The summed E-state index contributed by atoms with van der Waals surface area (Å²) in [6.07, 6.45) is 0. The number of aromatic nitrogens is 3. The van der Waals surface area contributed by atoms with Crippen LogP contribution in [0, 0.1) is 6.92 Å². The molecule has 0 bridgehead atoms. The van der Waals surface area contributed by atoms with Crippen molar-refractivity contribution in [3.8, 4) is 0 Å². The number of aryl methyl sites for hydroxylation is 2. The maximum atomic E-state index is 12.0.